The molecule has 0 aliphatic carbocycles. The second kappa shape index (κ2) is 5.89. The van der Waals surface area contributed by atoms with Gasteiger partial charge in [-0.2, -0.15) is 0 Å². The molecule has 1 heterocycles. The molecular formula is C14H17N2O+. The highest BCUT2D eigenvalue weighted by Gasteiger charge is 2.00. The summed E-state index contributed by atoms with van der Waals surface area (Å²) in [6, 6.07) is 9.89. The molecule has 0 aliphatic rings. The molecule has 0 fully saturated rings. The molecule has 2 rings (SSSR count). The molecule has 0 amide bonds. The monoisotopic (exact) mass is 229 g/mol. The van der Waals surface area contributed by atoms with Gasteiger partial charge in [0.2, 0.25) is 6.33 Å². The molecule has 0 radical (unpaired) electrons. The molecule has 1 aromatic heterocycles. The molecule has 0 saturated carbocycles. The first-order valence-electron chi connectivity index (χ1n) is 5.75. The van der Waals surface area contributed by atoms with Gasteiger partial charge in [-0.1, -0.05) is 24.8 Å². The van der Waals surface area contributed by atoms with Gasteiger partial charge in [0.05, 0.1) is 19.4 Å². The molecule has 88 valence electrons. The van der Waals surface area contributed by atoms with Crippen LogP contribution in [0.15, 0.2) is 55.6 Å². The molecule has 0 N–H and O–H groups in total. The van der Waals surface area contributed by atoms with Crippen molar-refractivity contribution in [2.24, 2.45) is 0 Å². The van der Waals surface area contributed by atoms with Crippen LogP contribution in [-0.4, -0.2) is 11.2 Å². The van der Waals surface area contributed by atoms with Crippen molar-refractivity contribution < 1.29 is 9.30 Å². The van der Waals surface area contributed by atoms with E-state index < -0.39 is 0 Å². The maximum atomic E-state index is 5.62. The molecule has 0 aliphatic heterocycles. The maximum absolute atomic E-state index is 5.62. The number of aryl methyl sites for hydroxylation is 1. The fourth-order valence-corrected chi connectivity index (χ4v) is 1.60. The number of ether oxygens (including phenoxy) is 1. The zero-order valence-electron chi connectivity index (χ0n) is 9.83. The summed E-state index contributed by atoms with van der Waals surface area (Å²) in [4.78, 5) is 0. The summed E-state index contributed by atoms with van der Waals surface area (Å²) in [6.07, 6.45) is 8.78. The van der Waals surface area contributed by atoms with Gasteiger partial charge in [-0.25, -0.2) is 9.13 Å². The number of rotatable bonds is 6. The van der Waals surface area contributed by atoms with Crippen molar-refractivity contribution in [2.45, 2.75) is 13.0 Å². The van der Waals surface area contributed by atoms with E-state index in [-0.39, 0.29) is 0 Å². The Labute approximate surface area is 102 Å². The molecule has 2 aromatic rings. The van der Waals surface area contributed by atoms with Gasteiger partial charge in [-0.15, -0.1) is 0 Å². The molecule has 1 aromatic carbocycles. The van der Waals surface area contributed by atoms with Crippen LogP contribution in [0.25, 0.3) is 6.20 Å². The van der Waals surface area contributed by atoms with E-state index in [1.54, 1.807) is 6.20 Å². The van der Waals surface area contributed by atoms with Gasteiger partial charge >= 0.3 is 0 Å². The molecule has 3 nitrogen and oxygen atoms in total. The van der Waals surface area contributed by atoms with Gasteiger partial charge in [0.25, 0.3) is 0 Å². The van der Waals surface area contributed by atoms with E-state index in [0.717, 1.165) is 25.3 Å². The summed E-state index contributed by atoms with van der Waals surface area (Å²) >= 11 is 0. The Balaban J connectivity index is 1.71. The molecule has 0 spiro atoms. The predicted octanol–water partition coefficient (Wildman–Crippen LogP) is 2.35. The number of para-hydroxylation sites is 1. The predicted molar refractivity (Wildman–Crippen MR) is 67.6 cm³/mol. The minimum atomic E-state index is 0.732. The summed E-state index contributed by atoms with van der Waals surface area (Å²) in [5.41, 5.74) is 0. The smallest absolute Gasteiger partial charge is 0.248 e. The van der Waals surface area contributed by atoms with E-state index >= 15 is 0 Å². The Morgan fingerprint density at radius 3 is 2.82 bits per heavy atom. The maximum Gasteiger partial charge on any atom is 0.248 e. The van der Waals surface area contributed by atoms with Crippen LogP contribution in [0.5, 0.6) is 5.75 Å². The van der Waals surface area contributed by atoms with E-state index in [1.807, 2.05) is 53.6 Å². The fraction of sp³-hybridized carbons (Fsp3) is 0.214. The highest BCUT2D eigenvalue weighted by molar-refractivity contribution is 5.20. The average molecular weight is 229 g/mol. The van der Waals surface area contributed by atoms with Crippen LogP contribution < -0.4 is 9.30 Å². The van der Waals surface area contributed by atoms with Crippen molar-refractivity contribution >= 4 is 6.20 Å². The second-order valence-electron chi connectivity index (χ2n) is 3.80. The number of aromatic nitrogens is 2. The lowest BCUT2D eigenvalue weighted by Gasteiger charge is -2.04. The first-order chi connectivity index (χ1) is 8.38. The quantitative estimate of drug-likeness (QED) is 0.549. The van der Waals surface area contributed by atoms with Crippen LogP contribution in [0.4, 0.5) is 0 Å². The standard InChI is InChI=1S/C14H17N2O/c1-2-15-10-11-16(13-15)9-6-12-17-14-7-4-3-5-8-14/h2-5,7-8,10-11,13H,1,6,9,12H2/q+1. The summed E-state index contributed by atoms with van der Waals surface area (Å²) in [6.45, 7) is 5.39. The third kappa shape index (κ3) is 3.48. The van der Waals surface area contributed by atoms with Crippen molar-refractivity contribution in [1.29, 1.82) is 0 Å². The first kappa shape index (κ1) is 11.5. The molecule has 0 unspecified atom stereocenters. The van der Waals surface area contributed by atoms with Crippen LogP contribution in [0.2, 0.25) is 0 Å². The normalized spacial score (nSPS) is 10.1. The topological polar surface area (TPSA) is 18.0 Å². The average Bonchev–Trinajstić information content (AvgIpc) is 2.84. The van der Waals surface area contributed by atoms with Gasteiger partial charge in [-0.3, -0.25) is 0 Å². The first-order valence-corrected chi connectivity index (χ1v) is 5.75. The Hall–Kier alpha value is -2.03. The zero-order chi connectivity index (χ0) is 11.9. The van der Waals surface area contributed by atoms with Crippen molar-refractivity contribution in [2.75, 3.05) is 6.61 Å². The molecule has 0 saturated heterocycles. The Kier molecular flexibility index (Phi) is 3.97. The van der Waals surface area contributed by atoms with E-state index in [2.05, 4.69) is 11.1 Å². The van der Waals surface area contributed by atoms with Crippen LogP contribution in [0, 0.1) is 0 Å². The van der Waals surface area contributed by atoms with E-state index in [4.69, 9.17) is 4.74 Å². The Morgan fingerprint density at radius 2 is 2.12 bits per heavy atom. The van der Waals surface area contributed by atoms with Crippen LogP contribution >= 0.6 is 0 Å². The number of nitrogens with zero attached hydrogens (tertiary/aromatic N) is 2. The van der Waals surface area contributed by atoms with E-state index in [1.165, 1.54) is 0 Å². The molecular weight excluding hydrogens is 212 g/mol. The molecule has 0 atom stereocenters. The fourth-order valence-electron chi connectivity index (χ4n) is 1.60. The molecule has 3 heteroatoms. The van der Waals surface area contributed by atoms with Gasteiger partial charge in [0.1, 0.15) is 18.1 Å². The van der Waals surface area contributed by atoms with Gasteiger partial charge in [0, 0.05) is 6.42 Å². The van der Waals surface area contributed by atoms with Crippen LogP contribution in [0.3, 0.4) is 0 Å². The van der Waals surface area contributed by atoms with Gasteiger partial charge < -0.3 is 4.74 Å². The highest BCUT2D eigenvalue weighted by atomic mass is 16.5. The Bertz CT molecular complexity index is 462. The SMILES string of the molecule is C=Cn1cc[n+](CCCOc2ccccc2)c1. The van der Waals surface area contributed by atoms with Crippen molar-refractivity contribution in [3.05, 3.63) is 55.6 Å². The molecule has 17 heavy (non-hydrogen) atoms. The lowest BCUT2D eigenvalue weighted by molar-refractivity contribution is -0.696. The van der Waals surface area contributed by atoms with Crippen LogP contribution in [0.1, 0.15) is 6.42 Å². The lowest BCUT2D eigenvalue weighted by atomic mass is 10.3. The second-order valence-corrected chi connectivity index (χ2v) is 3.80. The number of hydrogen-bond acceptors (Lipinski definition) is 1. The number of benzene rings is 1. The number of hydrogen-bond donors (Lipinski definition) is 0. The van der Waals surface area contributed by atoms with Crippen molar-refractivity contribution in [3.8, 4) is 5.75 Å². The van der Waals surface area contributed by atoms with Gasteiger partial charge in [-0.05, 0) is 12.1 Å². The largest absolute Gasteiger partial charge is 0.493 e. The van der Waals surface area contributed by atoms with Crippen LogP contribution in [-0.2, 0) is 6.54 Å². The number of imidazole rings is 1. The summed E-state index contributed by atoms with van der Waals surface area (Å²) in [5, 5.41) is 0. The van der Waals surface area contributed by atoms with E-state index in [9.17, 15) is 0 Å². The summed E-state index contributed by atoms with van der Waals surface area (Å²) in [7, 11) is 0. The Morgan fingerprint density at radius 1 is 1.29 bits per heavy atom. The van der Waals surface area contributed by atoms with Crippen molar-refractivity contribution in [1.82, 2.24) is 4.57 Å². The minimum Gasteiger partial charge on any atom is -0.493 e. The third-order valence-electron chi connectivity index (χ3n) is 2.50. The highest BCUT2D eigenvalue weighted by Crippen LogP contribution is 2.08. The summed E-state index contributed by atoms with van der Waals surface area (Å²) < 4.78 is 9.67. The van der Waals surface area contributed by atoms with Crippen molar-refractivity contribution in [3.63, 3.8) is 0 Å². The lowest BCUT2D eigenvalue weighted by Crippen LogP contribution is -2.31. The van der Waals surface area contributed by atoms with Gasteiger partial charge in [0.15, 0.2) is 0 Å². The third-order valence-corrected chi connectivity index (χ3v) is 2.50. The van der Waals surface area contributed by atoms with E-state index in [0.29, 0.717) is 0 Å². The minimum absolute atomic E-state index is 0.732. The zero-order valence-corrected chi connectivity index (χ0v) is 9.83. The summed E-state index contributed by atoms with van der Waals surface area (Å²) in [5.74, 6) is 0.932. The molecule has 0 bridgehead atoms.